The van der Waals surface area contributed by atoms with Crippen molar-refractivity contribution < 1.29 is 17.6 Å². The fraction of sp³-hybridized carbons (Fsp3) is 0.333. The minimum Gasteiger partial charge on any atom is -0.326 e. The van der Waals surface area contributed by atoms with Crippen LogP contribution >= 0.6 is 0 Å². The SMILES string of the molecule is Cc1ccc(S(=O)(=O)N2CCC3(CC2)N=C(c2cccc(F)c2)C(=O)N3)c(C)c1. The third-order valence-electron chi connectivity index (χ3n) is 5.48. The highest BCUT2D eigenvalue weighted by Gasteiger charge is 2.44. The van der Waals surface area contributed by atoms with Crippen molar-refractivity contribution in [2.75, 3.05) is 13.1 Å². The summed E-state index contributed by atoms with van der Waals surface area (Å²) in [4.78, 5) is 17.3. The Labute approximate surface area is 169 Å². The zero-order valence-electron chi connectivity index (χ0n) is 16.3. The van der Waals surface area contributed by atoms with Gasteiger partial charge < -0.3 is 5.32 Å². The van der Waals surface area contributed by atoms with Crippen LogP contribution < -0.4 is 5.32 Å². The molecule has 0 aliphatic carbocycles. The van der Waals surface area contributed by atoms with Crippen LogP contribution in [0.15, 0.2) is 52.4 Å². The number of aliphatic imine (C=N–C) groups is 1. The zero-order valence-corrected chi connectivity index (χ0v) is 17.1. The summed E-state index contributed by atoms with van der Waals surface area (Å²) in [5.41, 5.74) is 1.49. The number of rotatable bonds is 3. The zero-order chi connectivity index (χ0) is 20.8. The molecule has 1 spiro atoms. The molecule has 0 saturated carbocycles. The summed E-state index contributed by atoms with van der Waals surface area (Å²) in [7, 11) is -3.62. The van der Waals surface area contributed by atoms with Crippen molar-refractivity contribution in [2.45, 2.75) is 37.2 Å². The van der Waals surface area contributed by atoms with Gasteiger partial charge in [-0.15, -0.1) is 0 Å². The average Bonchev–Trinajstić information content (AvgIpc) is 2.97. The lowest BCUT2D eigenvalue weighted by molar-refractivity contribution is -0.115. The maximum atomic E-state index is 13.5. The van der Waals surface area contributed by atoms with Crippen LogP contribution in [0.3, 0.4) is 0 Å². The molecule has 1 N–H and O–H groups in total. The first-order valence-corrected chi connectivity index (χ1v) is 10.9. The molecule has 1 amide bonds. The Hall–Kier alpha value is -2.58. The number of nitrogens with one attached hydrogen (secondary N) is 1. The monoisotopic (exact) mass is 415 g/mol. The normalized spacial score (nSPS) is 19.3. The van der Waals surface area contributed by atoms with Crippen LogP contribution in [0, 0.1) is 19.7 Å². The van der Waals surface area contributed by atoms with Gasteiger partial charge in [-0.25, -0.2) is 12.8 Å². The molecule has 0 unspecified atom stereocenters. The lowest BCUT2D eigenvalue weighted by Gasteiger charge is -2.36. The van der Waals surface area contributed by atoms with Crippen molar-refractivity contribution in [3.63, 3.8) is 0 Å². The van der Waals surface area contributed by atoms with Crippen LogP contribution in [-0.2, 0) is 14.8 Å². The van der Waals surface area contributed by atoms with Crippen molar-refractivity contribution in [1.29, 1.82) is 0 Å². The molecule has 2 aromatic carbocycles. The van der Waals surface area contributed by atoms with E-state index in [0.29, 0.717) is 28.9 Å². The Balaban J connectivity index is 1.55. The first-order valence-electron chi connectivity index (χ1n) is 9.46. The van der Waals surface area contributed by atoms with Crippen LogP contribution in [0.2, 0.25) is 0 Å². The lowest BCUT2D eigenvalue weighted by atomic mass is 10.00. The van der Waals surface area contributed by atoms with E-state index in [2.05, 4.69) is 10.3 Å². The fourth-order valence-electron chi connectivity index (χ4n) is 3.96. The van der Waals surface area contributed by atoms with Gasteiger partial charge in [-0.3, -0.25) is 9.79 Å². The predicted molar refractivity (Wildman–Crippen MR) is 108 cm³/mol. The molecule has 2 aromatic rings. The fourth-order valence-corrected chi connectivity index (χ4v) is 5.60. The van der Waals surface area contributed by atoms with E-state index >= 15 is 0 Å². The Morgan fingerprint density at radius 3 is 2.48 bits per heavy atom. The summed E-state index contributed by atoms with van der Waals surface area (Å²) < 4.78 is 41.1. The second kappa shape index (κ2) is 7.03. The van der Waals surface area contributed by atoms with Crippen LogP contribution in [0.5, 0.6) is 0 Å². The number of amides is 1. The highest BCUT2D eigenvalue weighted by atomic mass is 32.2. The second-order valence-corrected chi connectivity index (χ2v) is 9.54. The van der Waals surface area contributed by atoms with Gasteiger partial charge in [0.05, 0.1) is 4.90 Å². The Kier molecular flexibility index (Phi) is 4.78. The molecule has 1 fully saturated rings. The van der Waals surface area contributed by atoms with Crippen LogP contribution in [0.1, 0.15) is 29.5 Å². The first-order chi connectivity index (χ1) is 13.7. The van der Waals surface area contributed by atoms with Crippen LogP contribution in [0.25, 0.3) is 0 Å². The Bertz CT molecular complexity index is 1120. The molecular formula is C21H22FN3O3S. The maximum Gasteiger partial charge on any atom is 0.272 e. The molecule has 2 heterocycles. The summed E-state index contributed by atoms with van der Waals surface area (Å²) in [6, 6.07) is 11.0. The van der Waals surface area contributed by atoms with E-state index in [1.54, 1.807) is 25.1 Å². The van der Waals surface area contributed by atoms with Gasteiger partial charge in [0, 0.05) is 31.5 Å². The number of halogens is 1. The predicted octanol–water partition coefficient (Wildman–Crippen LogP) is 2.54. The van der Waals surface area contributed by atoms with Gasteiger partial charge in [-0.05, 0) is 37.6 Å². The van der Waals surface area contributed by atoms with E-state index < -0.39 is 21.5 Å². The molecule has 4 rings (SSSR count). The summed E-state index contributed by atoms with van der Waals surface area (Å²) in [6.07, 6.45) is 0.726. The number of aryl methyl sites for hydroxylation is 2. The molecule has 29 heavy (non-hydrogen) atoms. The van der Waals surface area contributed by atoms with E-state index in [1.165, 1.54) is 22.5 Å². The molecule has 8 heteroatoms. The number of hydrogen-bond acceptors (Lipinski definition) is 4. The summed E-state index contributed by atoms with van der Waals surface area (Å²) in [6.45, 7) is 4.20. The van der Waals surface area contributed by atoms with Gasteiger partial charge >= 0.3 is 0 Å². The topological polar surface area (TPSA) is 78.8 Å². The number of sulfonamides is 1. The van der Waals surface area contributed by atoms with Crippen molar-refractivity contribution >= 4 is 21.6 Å². The van der Waals surface area contributed by atoms with Gasteiger partial charge in [0.2, 0.25) is 10.0 Å². The third-order valence-corrected chi connectivity index (χ3v) is 7.54. The lowest BCUT2D eigenvalue weighted by Crippen LogP contribution is -2.52. The standard InChI is InChI=1S/C21H22FN3O3S/c1-14-6-7-18(15(2)12-14)29(27,28)25-10-8-21(9-11-25)23-19(20(26)24-21)16-4-3-5-17(22)13-16/h3-7,12-13H,8-11H2,1-2H3,(H,24,26). The van der Waals surface area contributed by atoms with Crippen LogP contribution in [-0.4, -0.2) is 43.1 Å². The minimum atomic E-state index is -3.62. The molecule has 152 valence electrons. The summed E-state index contributed by atoms with van der Waals surface area (Å²) in [5, 5.41) is 2.88. The van der Waals surface area contributed by atoms with Gasteiger partial charge in [0.15, 0.2) is 0 Å². The third kappa shape index (κ3) is 3.58. The number of hydrogen-bond donors (Lipinski definition) is 1. The number of nitrogens with zero attached hydrogens (tertiary/aromatic N) is 2. The first kappa shape index (κ1) is 19.7. The highest BCUT2D eigenvalue weighted by Crippen LogP contribution is 2.32. The molecule has 0 radical (unpaired) electrons. The molecular weight excluding hydrogens is 393 g/mol. The highest BCUT2D eigenvalue weighted by molar-refractivity contribution is 7.89. The molecule has 0 bridgehead atoms. The maximum absolute atomic E-state index is 13.5. The van der Waals surface area contributed by atoms with Gasteiger partial charge in [0.25, 0.3) is 5.91 Å². The molecule has 2 aliphatic heterocycles. The summed E-state index contributed by atoms with van der Waals surface area (Å²) in [5.74, 6) is -0.797. The Morgan fingerprint density at radius 2 is 1.83 bits per heavy atom. The van der Waals surface area contributed by atoms with Crippen LogP contribution in [0.4, 0.5) is 4.39 Å². The van der Waals surface area contributed by atoms with E-state index in [0.717, 1.165) is 5.56 Å². The van der Waals surface area contributed by atoms with Crippen molar-refractivity contribution in [3.8, 4) is 0 Å². The molecule has 2 aliphatic rings. The van der Waals surface area contributed by atoms with Gasteiger partial charge in [0.1, 0.15) is 17.2 Å². The number of benzene rings is 2. The Morgan fingerprint density at radius 1 is 1.10 bits per heavy atom. The smallest absolute Gasteiger partial charge is 0.272 e. The number of piperidine rings is 1. The van der Waals surface area contributed by atoms with Gasteiger partial charge in [-0.2, -0.15) is 4.31 Å². The van der Waals surface area contributed by atoms with E-state index in [9.17, 15) is 17.6 Å². The molecule has 0 aromatic heterocycles. The number of carbonyl (C=O) groups is 1. The number of carbonyl (C=O) groups excluding carboxylic acids is 1. The van der Waals surface area contributed by atoms with E-state index in [-0.39, 0.29) is 24.7 Å². The summed E-state index contributed by atoms with van der Waals surface area (Å²) >= 11 is 0. The van der Waals surface area contributed by atoms with Crippen molar-refractivity contribution in [2.24, 2.45) is 4.99 Å². The quantitative estimate of drug-likeness (QED) is 0.837. The second-order valence-electron chi connectivity index (χ2n) is 7.63. The average molecular weight is 415 g/mol. The molecule has 6 nitrogen and oxygen atoms in total. The molecule has 0 atom stereocenters. The minimum absolute atomic E-state index is 0.190. The van der Waals surface area contributed by atoms with Gasteiger partial charge in [-0.1, -0.05) is 29.8 Å². The van der Waals surface area contributed by atoms with Crippen molar-refractivity contribution in [1.82, 2.24) is 9.62 Å². The molecule has 1 saturated heterocycles. The van der Waals surface area contributed by atoms with E-state index in [1.807, 2.05) is 13.0 Å². The van der Waals surface area contributed by atoms with E-state index in [4.69, 9.17) is 0 Å². The largest absolute Gasteiger partial charge is 0.326 e. The van der Waals surface area contributed by atoms with Crippen molar-refractivity contribution in [3.05, 3.63) is 65.0 Å².